The van der Waals surface area contributed by atoms with E-state index in [1.54, 1.807) is 54.7 Å². The van der Waals surface area contributed by atoms with Gasteiger partial charge in [-0.1, -0.05) is 76.2 Å². The number of carboxylic acids is 1. The van der Waals surface area contributed by atoms with E-state index < -0.39 is 108 Å². The van der Waals surface area contributed by atoms with Crippen molar-refractivity contribution in [2.24, 2.45) is 11.5 Å². The van der Waals surface area contributed by atoms with Crippen LogP contribution >= 0.6 is 44.2 Å². The quantitative estimate of drug-likeness (QED) is 0.0363. The molecule has 0 unspecified atom stereocenters. The van der Waals surface area contributed by atoms with Gasteiger partial charge >= 0.3 is 5.97 Å². The maximum absolute atomic E-state index is 14.8. The van der Waals surface area contributed by atoms with E-state index in [1.165, 1.54) is 13.0 Å². The number of aromatic hydroxyl groups is 1. The molecule has 0 radical (unpaired) electrons. The lowest BCUT2D eigenvalue weighted by atomic mass is 10.0. The van der Waals surface area contributed by atoms with Gasteiger partial charge in [-0.05, 0) is 104 Å². The fourth-order valence-electron chi connectivity index (χ4n) is 7.83. The Bertz CT molecular complexity index is 2610. The summed E-state index contributed by atoms with van der Waals surface area (Å²) in [6, 6.07) is 8.69. The number of phenols is 1. The highest BCUT2D eigenvalue weighted by Crippen LogP contribution is 2.25. The van der Waals surface area contributed by atoms with Gasteiger partial charge in [0.2, 0.25) is 41.4 Å². The first-order valence-corrected chi connectivity index (χ1v) is 27.3. The first-order valence-electron chi connectivity index (χ1n) is 23.7. The van der Waals surface area contributed by atoms with Gasteiger partial charge in [-0.15, -0.1) is 0 Å². The Morgan fingerprint density at radius 3 is 2.07 bits per heavy atom. The molecule has 1 fully saturated rings. The van der Waals surface area contributed by atoms with E-state index in [2.05, 4.69) is 42.2 Å². The summed E-state index contributed by atoms with van der Waals surface area (Å²) in [6.45, 7) is 2.56. The molecule has 10 atom stereocenters. The minimum atomic E-state index is -1.82. The zero-order chi connectivity index (χ0) is 54.1. The van der Waals surface area contributed by atoms with Crippen LogP contribution in [0.15, 0.2) is 79.0 Å². The number of amides is 7. The Balaban J connectivity index is 1.60. The zero-order valence-corrected chi connectivity index (χ0v) is 44.3. The van der Waals surface area contributed by atoms with Gasteiger partial charge in [0, 0.05) is 41.4 Å². The number of nitrogens with one attached hydrogen (secondary N) is 8. The summed E-state index contributed by atoms with van der Waals surface area (Å²) in [7, 11) is 1.86. The number of carboxylic acid groups (broad SMARTS) is 1. The highest BCUT2D eigenvalue weighted by molar-refractivity contribution is 14.1. The van der Waals surface area contributed by atoms with Crippen molar-refractivity contribution in [1.29, 1.82) is 0 Å². The number of carbonyl (C=O) groups is 8. The van der Waals surface area contributed by atoms with Gasteiger partial charge in [0.15, 0.2) is 6.04 Å². The van der Waals surface area contributed by atoms with Crippen molar-refractivity contribution in [2.45, 2.75) is 113 Å². The molecule has 74 heavy (non-hydrogen) atoms. The number of aliphatic hydroxyl groups is 2. The Morgan fingerprint density at radius 2 is 1.41 bits per heavy atom. The smallest absolute Gasteiger partial charge is 0.328 e. The summed E-state index contributed by atoms with van der Waals surface area (Å²) in [4.78, 5) is 115. The number of H-pyrrole nitrogens is 1. The molecule has 1 aliphatic rings. The molecule has 0 aliphatic carbocycles. The number of aliphatic carboxylic acids is 1. The molecule has 2 heterocycles. The predicted molar refractivity (Wildman–Crippen MR) is 287 cm³/mol. The number of aromatic amines is 1. The maximum atomic E-state index is 14.8. The lowest BCUT2D eigenvalue weighted by molar-refractivity contribution is -0.145. The zero-order valence-electron chi connectivity index (χ0n) is 40.5. The molecule has 0 spiro atoms. The Labute approximate surface area is 448 Å². The monoisotopic (exact) mass is 1170 g/mol. The SMILES string of the molecule is C[C@@H](O)[C@H](NC(=O)[C@@H]1CSSC[C@H](NC(=O)[C@H](N)Cc2ccccc2)C(=O)N[C@@H](Cc2ccc(O)c(I)c2)C(=O)N[C@H](Cc2c[nH]c3ccccc23)C(=O)N[C@@H](CCCCN)C(=O)N[C@@H]([C@@H](C)O)C(=O)N1)C(=O)O. The lowest BCUT2D eigenvalue weighted by Gasteiger charge is -2.29. The maximum Gasteiger partial charge on any atom is 0.328 e. The Morgan fingerprint density at radius 1 is 0.770 bits per heavy atom. The summed E-state index contributed by atoms with van der Waals surface area (Å²) >= 11 is 1.91. The van der Waals surface area contributed by atoms with E-state index in [1.807, 2.05) is 40.8 Å². The fourth-order valence-corrected chi connectivity index (χ4v) is 10.7. The third kappa shape index (κ3) is 17.3. The van der Waals surface area contributed by atoms with Crippen LogP contribution in [0.3, 0.4) is 0 Å². The number of phenolic OH excluding ortho intramolecular Hbond substituents is 1. The molecule has 0 saturated carbocycles. The average molecular weight is 1180 g/mol. The van der Waals surface area contributed by atoms with Crippen molar-refractivity contribution in [2.75, 3.05) is 18.1 Å². The molecule has 1 saturated heterocycles. The largest absolute Gasteiger partial charge is 0.507 e. The molecule has 1 aromatic heterocycles. The number of para-hydroxylation sites is 1. The number of hydrogen-bond acceptors (Lipinski definition) is 15. The molecular formula is C49H63IN10O12S2. The summed E-state index contributed by atoms with van der Waals surface area (Å²) in [5.74, 6) is -8.56. The van der Waals surface area contributed by atoms with E-state index in [9.17, 15) is 58.8 Å². The van der Waals surface area contributed by atoms with E-state index in [0.717, 1.165) is 45.0 Å². The summed E-state index contributed by atoms with van der Waals surface area (Å²) < 4.78 is 0.436. The standard InChI is InChI=1S/C49H63IN10O12S2/c1-25(61)40-48(70)58-38(47(69)60-41(26(2)62)49(71)72)24-74-73-23-37(57-42(64)32(52)19-27-10-4-3-5-11-27)46(68)55-35(20-28-15-16-39(63)31(50)18-28)44(66)56-36(21-29-22-53-33-13-7-6-12-30(29)33)45(67)54-34(43(65)59-40)14-8-9-17-51/h3-7,10-13,15-16,18,22,25-26,32,34-38,40-41,53,61-63H,8-9,14,17,19-21,23-24,51-52H2,1-2H3,(H,54,67)(H,55,68)(H,56,66)(H,57,64)(H,58,70)(H,59,65)(H,60,69)(H,71,72)/t25-,26-,32-,34+,35+,36-,37+,38+,40+,41+/m1/s1. The number of aromatic nitrogens is 1. The molecule has 4 aromatic rings. The van der Waals surface area contributed by atoms with Crippen molar-refractivity contribution in [3.8, 4) is 5.75 Å². The number of halogens is 1. The molecule has 7 amide bonds. The average Bonchev–Trinajstić information content (AvgIpc) is 3.77. The van der Waals surface area contributed by atoms with Crippen LogP contribution in [0.1, 0.15) is 49.8 Å². The van der Waals surface area contributed by atoms with Crippen LogP contribution in [0, 0.1) is 3.57 Å². The topological polar surface area (TPSA) is 370 Å². The normalized spacial score (nSPS) is 22.3. The highest BCUT2D eigenvalue weighted by Gasteiger charge is 2.37. The number of rotatable bonds is 17. The van der Waals surface area contributed by atoms with Gasteiger partial charge in [0.25, 0.3) is 0 Å². The molecule has 0 bridgehead atoms. The minimum Gasteiger partial charge on any atom is -0.507 e. The first kappa shape index (κ1) is 58.9. The van der Waals surface area contributed by atoms with E-state index in [4.69, 9.17) is 11.5 Å². The molecule has 400 valence electrons. The van der Waals surface area contributed by atoms with Crippen LogP contribution < -0.4 is 48.7 Å². The van der Waals surface area contributed by atoms with Crippen LogP contribution in [-0.2, 0) is 57.6 Å². The van der Waals surface area contributed by atoms with Gasteiger partial charge < -0.3 is 74.1 Å². The van der Waals surface area contributed by atoms with Crippen molar-refractivity contribution < 1.29 is 58.8 Å². The van der Waals surface area contributed by atoms with Crippen LogP contribution in [-0.4, -0.2) is 151 Å². The number of carbonyl (C=O) groups excluding carboxylic acids is 7. The third-order valence-electron chi connectivity index (χ3n) is 12.0. The van der Waals surface area contributed by atoms with E-state index >= 15 is 0 Å². The molecule has 3 aromatic carbocycles. The van der Waals surface area contributed by atoms with E-state index in [-0.39, 0.29) is 49.5 Å². The summed E-state index contributed by atoms with van der Waals surface area (Å²) in [6.07, 6.45) is -1.05. The molecule has 16 N–H and O–H groups in total. The molecule has 1 aliphatic heterocycles. The number of hydrogen-bond donors (Lipinski definition) is 14. The highest BCUT2D eigenvalue weighted by atomic mass is 127. The second-order valence-corrected chi connectivity index (χ2v) is 21.5. The second-order valence-electron chi connectivity index (χ2n) is 17.8. The van der Waals surface area contributed by atoms with Gasteiger partial charge in [0.1, 0.15) is 42.0 Å². The number of unbranched alkanes of at least 4 members (excludes halogenated alkanes) is 1. The van der Waals surface area contributed by atoms with Gasteiger partial charge in [-0.25, -0.2) is 4.79 Å². The van der Waals surface area contributed by atoms with E-state index in [0.29, 0.717) is 27.5 Å². The molecule has 22 nitrogen and oxygen atoms in total. The van der Waals surface area contributed by atoms with Crippen LogP contribution in [0.2, 0.25) is 0 Å². The predicted octanol–water partition coefficient (Wildman–Crippen LogP) is -0.403. The van der Waals surface area contributed by atoms with Gasteiger partial charge in [-0.3, -0.25) is 33.6 Å². The van der Waals surface area contributed by atoms with Crippen LogP contribution in [0.4, 0.5) is 0 Å². The van der Waals surface area contributed by atoms with Gasteiger partial charge in [-0.2, -0.15) is 0 Å². The van der Waals surface area contributed by atoms with Crippen molar-refractivity contribution in [1.82, 2.24) is 42.2 Å². The Kier molecular flexibility index (Phi) is 22.8. The summed E-state index contributed by atoms with van der Waals surface area (Å²) in [5.41, 5.74) is 14.7. The van der Waals surface area contributed by atoms with Crippen LogP contribution in [0.5, 0.6) is 5.75 Å². The number of nitrogens with two attached hydrogens (primary N) is 2. The third-order valence-corrected chi connectivity index (χ3v) is 15.2. The second kappa shape index (κ2) is 28.6. The van der Waals surface area contributed by atoms with Crippen LogP contribution in [0.25, 0.3) is 10.9 Å². The molecule has 25 heteroatoms. The lowest BCUT2D eigenvalue weighted by Crippen LogP contribution is -2.62. The Hall–Kier alpha value is -5.97. The minimum absolute atomic E-state index is 0.0221. The fraction of sp³-hybridized carbons (Fsp3) is 0.429. The number of benzene rings is 3. The van der Waals surface area contributed by atoms with Crippen molar-refractivity contribution in [3.63, 3.8) is 0 Å². The van der Waals surface area contributed by atoms with Gasteiger partial charge in [0.05, 0.1) is 21.8 Å². The molecular weight excluding hydrogens is 1110 g/mol. The van der Waals surface area contributed by atoms with Crippen molar-refractivity contribution in [3.05, 3.63) is 99.3 Å². The first-order chi connectivity index (χ1) is 35.3. The number of fused-ring (bicyclic) bond motifs is 1. The summed E-state index contributed by atoms with van der Waals surface area (Å²) in [5, 5.41) is 60.0. The number of aliphatic hydroxyl groups excluding tert-OH is 2. The molecule has 5 rings (SSSR count). The van der Waals surface area contributed by atoms with Crippen molar-refractivity contribution >= 4 is 102 Å².